The van der Waals surface area contributed by atoms with Gasteiger partial charge in [-0.15, -0.1) is 0 Å². The Balaban J connectivity index is 1.73. The van der Waals surface area contributed by atoms with Gasteiger partial charge in [0, 0.05) is 37.1 Å². The summed E-state index contributed by atoms with van der Waals surface area (Å²) in [6, 6.07) is 4.46. The first-order valence-electron chi connectivity index (χ1n) is 9.64. The van der Waals surface area contributed by atoms with Crippen molar-refractivity contribution in [2.24, 2.45) is 5.92 Å². The van der Waals surface area contributed by atoms with Gasteiger partial charge in [-0.25, -0.2) is 4.68 Å². The van der Waals surface area contributed by atoms with Crippen LogP contribution < -0.4 is 0 Å². The lowest BCUT2D eigenvalue weighted by molar-refractivity contribution is 0.0209. The predicted molar refractivity (Wildman–Crippen MR) is 103 cm³/mol. The molecule has 6 nitrogen and oxygen atoms in total. The predicted octanol–water partition coefficient (Wildman–Crippen LogP) is 3.52. The molecular weight excluding hydrogens is 346 g/mol. The maximum Gasteiger partial charge on any atom is 0.199 e. The molecule has 4 rings (SSSR count). The third-order valence-corrected chi connectivity index (χ3v) is 6.03. The molecule has 140 valence electrons. The van der Waals surface area contributed by atoms with Gasteiger partial charge in [-0.1, -0.05) is 19.8 Å². The normalized spacial score (nSPS) is 24.7. The van der Waals surface area contributed by atoms with E-state index in [0.29, 0.717) is 12.0 Å². The number of ether oxygens (including phenoxy) is 1. The average molecular weight is 374 g/mol. The summed E-state index contributed by atoms with van der Waals surface area (Å²) in [4.78, 5) is 6.65. The van der Waals surface area contributed by atoms with Gasteiger partial charge in [0.15, 0.2) is 10.6 Å². The van der Waals surface area contributed by atoms with Gasteiger partial charge < -0.3 is 4.74 Å². The second-order valence-corrected chi connectivity index (χ2v) is 7.78. The van der Waals surface area contributed by atoms with E-state index in [1.807, 2.05) is 16.9 Å². The van der Waals surface area contributed by atoms with Gasteiger partial charge >= 0.3 is 0 Å². The van der Waals surface area contributed by atoms with Crippen LogP contribution in [0.25, 0.3) is 11.4 Å². The number of aromatic nitrogens is 4. The van der Waals surface area contributed by atoms with Crippen LogP contribution in [-0.2, 0) is 11.4 Å². The quantitative estimate of drug-likeness (QED) is 0.768. The minimum atomic E-state index is 0.421. The van der Waals surface area contributed by atoms with Gasteiger partial charge in [0.1, 0.15) is 0 Å². The first kappa shape index (κ1) is 17.8. The lowest BCUT2D eigenvalue weighted by atomic mass is 9.85. The Kier molecular flexibility index (Phi) is 5.47. The molecule has 7 heteroatoms. The van der Waals surface area contributed by atoms with Gasteiger partial charge in [-0.3, -0.25) is 14.5 Å². The van der Waals surface area contributed by atoms with E-state index in [4.69, 9.17) is 22.1 Å². The van der Waals surface area contributed by atoms with Crippen molar-refractivity contribution in [3.05, 3.63) is 29.3 Å². The lowest BCUT2D eigenvalue weighted by Gasteiger charge is -2.30. The highest BCUT2D eigenvalue weighted by Gasteiger charge is 2.28. The Labute approximate surface area is 159 Å². The fraction of sp³-hybridized carbons (Fsp3) is 0.632. The number of hydrogen-bond acceptors (Lipinski definition) is 5. The highest BCUT2D eigenvalue weighted by Crippen LogP contribution is 2.36. The summed E-state index contributed by atoms with van der Waals surface area (Å²) >= 11 is 5.90. The van der Waals surface area contributed by atoms with Crippen molar-refractivity contribution in [1.82, 2.24) is 24.2 Å². The molecule has 0 radical (unpaired) electrons. The van der Waals surface area contributed by atoms with Crippen molar-refractivity contribution in [2.45, 2.75) is 45.3 Å². The molecule has 2 aromatic rings. The van der Waals surface area contributed by atoms with Crippen LogP contribution in [0.2, 0.25) is 0 Å². The number of rotatable bonds is 4. The minimum Gasteiger partial charge on any atom is -0.379 e. The molecule has 0 spiro atoms. The van der Waals surface area contributed by atoms with E-state index in [-0.39, 0.29) is 0 Å². The Hall–Kier alpha value is -1.57. The molecule has 1 saturated carbocycles. The van der Waals surface area contributed by atoms with E-state index >= 15 is 0 Å². The molecule has 1 aliphatic carbocycles. The summed E-state index contributed by atoms with van der Waals surface area (Å²) in [5.74, 6) is 1.57. The molecule has 2 unspecified atom stereocenters. The maximum absolute atomic E-state index is 5.90. The average Bonchev–Trinajstić information content (AvgIpc) is 3.00. The van der Waals surface area contributed by atoms with E-state index in [1.54, 1.807) is 6.20 Å². The highest BCUT2D eigenvalue weighted by atomic mass is 32.1. The molecule has 3 heterocycles. The summed E-state index contributed by atoms with van der Waals surface area (Å²) in [6.07, 6.45) is 8.70. The van der Waals surface area contributed by atoms with Crippen molar-refractivity contribution in [3.8, 4) is 11.4 Å². The number of hydrogen-bond donors (Lipinski definition) is 0. The summed E-state index contributed by atoms with van der Waals surface area (Å²) in [7, 11) is 0. The van der Waals surface area contributed by atoms with Crippen LogP contribution in [0.1, 0.15) is 38.6 Å². The molecular formula is C19H27N5OS. The Morgan fingerprint density at radius 2 is 2.04 bits per heavy atom. The first-order valence-corrected chi connectivity index (χ1v) is 10.0. The number of nitrogens with zero attached hydrogens (tertiary/aromatic N) is 5. The summed E-state index contributed by atoms with van der Waals surface area (Å²) < 4.78 is 10.6. The molecule has 2 atom stereocenters. The fourth-order valence-electron chi connectivity index (χ4n) is 4.12. The maximum atomic E-state index is 5.90. The van der Waals surface area contributed by atoms with Crippen molar-refractivity contribution >= 4 is 12.2 Å². The van der Waals surface area contributed by atoms with E-state index < -0.39 is 0 Å². The van der Waals surface area contributed by atoms with E-state index in [9.17, 15) is 0 Å². The Bertz CT molecular complexity index is 781. The van der Waals surface area contributed by atoms with Gasteiger partial charge in [0.05, 0.1) is 19.9 Å². The Morgan fingerprint density at radius 3 is 2.77 bits per heavy atom. The van der Waals surface area contributed by atoms with Crippen molar-refractivity contribution in [2.75, 3.05) is 26.3 Å². The smallest absolute Gasteiger partial charge is 0.199 e. The van der Waals surface area contributed by atoms with E-state index in [0.717, 1.165) is 49.1 Å². The SMILES string of the molecule is CC1CCCCC1n1c(-c2cccnc2)nn(CN2CCOCC2)c1=S. The molecule has 0 bridgehead atoms. The molecule has 1 saturated heterocycles. The van der Waals surface area contributed by atoms with Crippen LogP contribution in [-0.4, -0.2) is 50.5 Å². The summed E-state index contributed by atoms with van der Waals surface area (Å²) in [6.45, 7) is 6.49. The first-order chi connectivity index (χ1) is 12.7. The second kappa shape index (κ2) is 7.98. The minimum absolute atomic E-state index is 0.421. The molecule has 1 aliphatic heterocycles. The van der Waals surface area contributed by atoms with Crippen LogP contribution in [0.5, 0.6) is 0 Å². The number of morpholine rings is 1. The standard InChI is InChI=1S/C19H27N5OS/c1-15-5-2-3-7-17(15)24-18(16-6-4-8-20-13-16)21-23(19(24)26)14-22-9-11-25-12-10-22/h4,6,8,13,15,17H,2-3,5,7,9-12,14H2,1H3. The van der Waals surface area contributed by atoms with Gasteiger partial charge in [-0.05, 0) is 43.1 Å². The van der Waals surface area contributed by atoms with E-state index in [1.165, 1.54) is 25.7 Å². The van der Waals surface area contributed by atoms with Gasteiger partial charge in [-0.2, -0.15) is 5.10 Å². The highest BCUT2D eigenvalue weighted by molar-refractivity contribution is 7.71. The molecule has 2 aromatic heterocycles. The third-order valence-electron chi connectivity index (χ3n) is 5.63. The molecule has 0 amide bonds. The third kappa shape index (κ3) is 3.61. The van der Waals surface area contributed by atoms with Crippen LogP contribution in [0.15, 0.2) is 24.5 Å². The Morgan fingerprint density at radius 1 is 1.23 bits per heavy atom. The van der Waals surface area contributed by atoms with E-state index in [2.05, 4.69) is 27.4 Å². The zero-order chi connectivity index (χ0) is 17.9. The van der Waals surface area contributed by atoms with Gasteiger partial charge in [0.2, 0.25) is 0 Å². The lowest BCUT2D eigenvalue weighted by Crippen LogP contribution is -2.37. The van der Waals surface area contributed by atoms with Crippen molar-refractivity contribution < 1.29 is 4.74 Å². The summed E-state index contributed by atoms with van der Waals surface area (Å²) in [5, 5.41) is 4.94. The molecule has 0 N–H and O–H groups in total. The molecule has 26 heavy (non-hydrogen) atoms. The van der Waals surface area contributed by atoms with Crippen molar-refractivity contribution in [3.63, 3.8) is 0 Å². The summed E-state index contributed by atoms with van der Waals surface area (Å²) in [5.41, 5.74) is 1.04. The largest absolute Gasteiger partial charge is 0.379 e. The molecule has 2 fully saturated rings. The monoisotopic (exact) mass is 373 g/mol. The zero-order valence-corrected chi connectivity index (χ0v) is 16.2. The van der Waals surface area contributed by atoms with Crippen LogP contribution >= 0.6 is 12.2 Å². The molecule has 2 aliphatic rings. The van der Waals surface area contributed by atoms with Crippen LogP contribution in [0.3, 0.4) is 0 Å². The zero-order valence-electron chi connectivity index (χ0n) is 15.4. The van der Waals surface area contributed by atoms with Crippen LogP contribution in [0.4, 0.5) is 0 Å². The second-order valence-electron chi connectivity index (χ2n) is 7.42. The topological polar surface area (TPSA) is 48.1 Å². The van der Waals surface area contributed by atoms with Crippen molar-refractivity contribution in [1.29, 1.82) is 0 Å². The fourth-order valence-corrected chi connectivity index (χ4v) is 4.44. The molecule has 0 aromatic carbocycles. The van der Waals surface area contributed by atoms with Gasteiger partial charge in [0.25, 0.3) is 0 Å². The number of pyridine rings is 1. The van der Waals surface area contributed by atoms with Crippen LogP contribution in [0, 0.1) is 10.7 Å².